The third kappa shape index (κ3) is 6.89. The smallest absolute Gasteiger partial charge is 0.412 e. The molecule has 0 heterocycles. The summed E-state index contributed by atoms with van der Waals surface area (Å²) in [7, 11) is 0. The molecule has 1 amide bonds. The Kier molecular flexibility index (Phi) is 7.61. The van der Waals surface area contributed by atoms with Gasteiger partial charge in [-0.25, -0.2) is 4.79 Å². The first-order valence-electron chi connectivity index (χ1n) is 8.88. The monoisotopic (exact) mass is 431 g/mol. The number of amides is 1. The molecule has 0 saturated carbocycles. The van der Waals surface area contributed by atoms with E-state index in [9.17, 15) is 4.79 Å². The molecule has 0 aromatic heterocycles. The number of nitrogens with one attached hydrogen (secondary N) is 1. The van der Waals surface area contributed by atoms with Crippen molar-refractivity contribution in [3.8, 4) is 11.5 Å². The van der Waals surface area contributed by atoms with E-state index in [1.165, 1.54) is 0 Å². The average Bonchev–Trinajstić information content (AvgIpc) is 2.74. The van der Waals surface area contributed by atoms with Crippen molar-refractivity contribution in [3.63, 3.8) is 0 Å². The van der Waals surface area contributed by atoms with Gasteiger partial charge in [0.15, 0.2) is 6.10 Å². The zero-order valence-electron chi connectivity index (χ0n) is 15.4. The molecule has 5 nitrogen and oxygen atoms in total. The van der Waals surface area contributed by atoms with E-state index in [-0.39, 0.29) is 13.2 Å². The van der Waals surface area contributed by atoms with Crippen LogP contribution < -0.4 is 14.8 Å². The van der Waals surface area contributed by atoms with Crippen LogP contribution in [0.4, 0.5) is 10.5 Å². The van der Waals surface area contributed by atoms with Crippen LogP contribution in [0.1, 0.15) is 0 Å². The molecule has 3 aromatic carbocycles. The standard InChI is InChI=1S/C22H19Cl2NO4/c23-20-12-11-16(13-21(20)24)25-22(26)29-19(14-27-17-7-3-1-4-8-17)15-28-18-9-5-2-6-10-18/h1-13,19H,14-15H2,(H,25,26). The van der Waals surface area contributed by atoms with Crippen molar-refractivity contribution in [1.29, 1.82) is 0 Å². The molecular weight excluding hydrogens is 413 g/mol. The Labute approximate surface area is 179 Å². The summed E-state index contributed by atoms with van der Waals surface area (Å²) in [6.07, 6.45) is -1.29. The summed E-state index contributed by atoms with van der Waals surface area (Å²) in [4.78, 5) is 12.3. The number of hydrogen-bond donors (Lipinski definition) is 1. The Balaban J connectivity index is 1.60. The van der Waals surface area contributed by atoms with E-state index in [4.69, 9.17) is 37.4 Å². The first-order chi connectivity index (χ1) is 14.1. The third-order valence-electron chi connectivity index (χ3n) is 3.80. The number of anilines is 1. The van der Waals surface area contributed by atoms with Crippen LogP contribution in [-0.2, 0) is 4.74 Å². The third-order valence-corrected chi connectivity index (χ3v) is 4.54. The Bertz CT molecular complexity index is 879. The van der Waals surface area contributed by atoms with Crippen LogP contribution in [0.25, 0.3) is 0 Å². The molecule has 3 rings (SSSR count). The van der Waals surface area contributed by atoms with Crippen molar-refractivity contribution >= 4 is 35.0 Å². The number of halogens is 2. The minimum Gasteiger partial charge on any atom is -0.490 e. The average molecular weight is 432 g/mol. The molecule has 3 aromatic rings. The summed E-state index contributed by atoms with van der Waals surface area (Å²) >= 11 is 11.9. The molecule has 0 atom stereocenters. The Morgan fingerprint density at radius 2 is 1.34 bits per heavy atom. The molecule has 1 N–H and O–H groups in total. The number of hydrogen-bond acceptors (Lipinski definition) is 4. The van der Waals surface area contributed by atoms with Gasteiger partial charge >= 0.3 is 6.09 Å². The summed E-state index contributed by atoms with van der Waals surface area (Å²) in [5.74, 6) is 1.34. The van der Waals surface area contributed by atoms with Crippen LogP contribution in [-0.4, -0.2) is 25.4 Å². The Morgan fingerprint density at radius 1 is 0.793 bits per heavy atom. The van der Waals surface area contributed by atoms with Crippen molar-refractivity contribution in [2.45, 2.75) is 6.10 Å². The minimum atomic E-state index is -0.651. The number of ether oxygens (including phenoxy) is 3. The van der Waals surface area contributed by atoms with Gasteiger partial charge in [0, 0.05) is 5.69 Å². The topological polar surface area (TPSA) is 56.8 Å². The highest BCUT2D eigenvalue weighted by Gasteiger charge is 2.17. The van der Waals surface area contributed by atoms with Crippen molar-refractivity contribution < 1.29 is 19.0 Å². The van der Waals surface area contributed by atoms with Crippen molar-refractivity contribution in [3.05, 3.63) is 88.9 Å². The summed E-state index contributed by atoms with van der Waals surface area (Å²) in [6.45, 7) is 0.261. The Morgan fingerprint density at radius 3 is 1.86 bits per heavy atom. The van der Waals surface area contributed by atoms with Gasteiger partial charge in [-0.15, -0.1) is 0 Å². The Hall–Kier alpha value is -2.89. The molecule has 29 heavy (non-hydrogen) atoms. The van der Waals surface area contributed by atoms with Crippen LogP contribution >= 0.6 is 23.2 Å². The number of para-hydroxylation sites is 2. The lowest BCUT2D eigenvalue weighted by Gasteiger charge is -2.19. The fourth-order valence-corrected chi connectivity index (χ4v) is 2.70. The zero-order chi connectivity index (χ0) is 20.5. The minimum absolute atomic E-state index is 0.131. The van der Waals surface area contributed by atoms with Crippen LogP contribution in [0.3, 0.4) is 0 Å². The van der Waals surface area contributed by atoms with Crippen molar-refractivity contribution in [1.82, 2.24) is 0 Å². The van der Waals surface area contributed by atoms with E-state index < -0.39 is 12.2 Å². The number of carbonyl (C=O) groups is 1. The number of benzene rings is 3. The maximum absolute atomic E-state index is 12.3. The van der Waals surface area contributed by atoms with Gasteiger partial charge in [-0.1, -0.05) is 59.6 Å². The molecule has 0 spiro atoms. The summed E-state index contributed by atoms with van der Waals surface area (Å²) < 4.78 is 16.9. The van der Waals surface area contributed by atoms with Gasteiger partial charge in [0.2, 0.25) is 0 Å². The molecule has 0 bridgehead atoms. The van der Waals surface area contributed by atoms with E-state index >= 15 is 0 Å². The van der Waals surface area contributed by atoms with Gasteiger partial charge in [-0.2, -0.15) is 0 Å². The second-order valence-corrected chi connectivity index (χ2v) is 6.84. The van der Waals surface area contributed by atoms with E-state index in [0.29, 0.717) is 27.2 Å². The van der Waals surface area contributed by atoms with E-state index in [2.05, 4.69) is 5.32 Å². The maximum Gasteiger partial charge on any atom is 0.412 e. The number of rotatable bonds is 8. The predicted molar refractivity (Wildman–Crippen MR) is 114 cm³/mol. The fraction of sp³-hybridized carbons (Fsp3) is 0.136. The highest BCUT2D eigenvalue weighted by molar-refractivity contribution is 6.42. The lowest BCUT2D eigenvalue weighted by molar-refractivity contribution is 0.0429. The summed E-state index contributed by atoms with van der Waals surface area (Å²) in [5, 5.41) is 3.35. The quantitative estimate of drug-likeness (QED) is 0.470. The molecule has 0 saturated heterocycles. The van der Waals surface area contributed by atoms with Crippen LogP contribution in [0, 0.1) is 0 Å². The summed E-state index contributed by atoms with van der Waals surface area (Å²) in [5.41, 5.74) is 0.469. The summed E-state index contributed by atoms with van der Waals surface area (Å²) in [6, 6.07) is 23.3. The second kappa shape index (κ2) is 10.6. The van der Waals surface area contributed by atoms with Crippen LogP contribution in [0.2, 0.25) is 10.0 Å². The van der Waals surface area contributed by atoms with Crippen LogP contribution in [0.5, 0.6) is 11.5 Å². The molecule has 0 radical (unpaired) electrons. The maximum atomic E-state index is 12.3. The SMILES string of the molecule is O=C(Nc1ccc(Cl)c(Cl)c1)OC(COc1ccccc1)COc1ccccc1. The van der Waals surface area contributed by atoms with E-state index in [1.807, 2.05) is 60.7 Å². The van der Waals surface area contributed by atoms with Gasteiger partial charge in [-0.05, 0) is 42.5 Å². The zero-order valence-corrected chi connectivity index (χ0v) is 16.9. The molecule has 0 aliphatic heterocycles. The number of carbonyl (C=O) groups excluding carboxylic acids is 1. The first-order valence-corrected chi connectivity index (χ1v) is 9.64. The molecule has 0 aliphatic carbocycles. The first kappa shape index (κ1) is 20.8. The van der Waals surface area contributed by atoms with E-state index in [0.717, 1.165) is 0 Å². The van der Waals surface area contributed by atoms with Gasteiger partial charge in [0.1, 0.15) is 24.7 Å². The van der Waals surface area contributed by atoms with Gasteiger partial charge in [0.05, 0.1) is 10.0 Å². The van der Waals surface area contributed by atoms with Gasteiger partial charge in [0.25, 0.3) is 0 Å². The largest absolute Gasteiger partial charge is 0.490 e. The highest BCUT2D eigenvalue weighted by atomic mass is 35.5. The van der Waals surface area contributed by atoms with Gasteiger partial charge < -0.3 is 14.2 Å². The van der Waals surface area contributed by atoms with Crippen molar-refractivity contribution in [2.75, 3.05) is 18.5 Å². The molecular formula is C22H19Cl2NO4. The van der Waals surface area contributed by atoms with E-state index in [1.54, 1.807) is 18.2 Å². The molecule has 0 aliphatic rings. The fourth-order valence-electron chi connectivity index (χ4n) is 2.40. The lowest BCUT2D eigenvalue weighted by atomic mass is 10.3. The lowest BCUT2D eigenvalue weighted by Crippen LogP contribution is -2.32. The second-order valence-electron chi connectivity index (χ2n) is 6.03. The molecule has 7 heteroatoms. The predicted octanol–water partition coefficient (Wildman–Crippen LogP) is 6.07. The highest BCUT2D eigenvalue weighted by Crippen LogP contribution is 2.25. The van der Waals surface area contributed by atoms with Crippen molar-refractivity contribution in [2.24, 2.45) is 0 Å². The molecule has 0 unspecified atom stereocenters. The van der Waals surface area contributed by atoms with Gasteiger partial charge in [-0.3, -0.25) is 5.32 Å². The molecule has 150 valence electrons. The normalized spacial score (nSPS) is 10.4. The van der Waals surface area contributed by atoms with Crippen LogP contribution in [0.15, 0.2) is 78.9 Å². The molecule has 0 fully saturated rings.